The molecule has 3 N–H and O–H groups in total. The van der Waals surface area contributed by atoms with E-state index in [2.05, 4.69) is 10.1 Å². The minimum absolute atomic E-state index is 0.139. The van der Waals surface area contributed by atoms with Crippen molar-refractivity contribution in [2.75, 3.05) is 5.73 Å². The van der Waals surface area contributed by atoms with E-state index in [0.29, 0.717) is 11.5 Å². The van der Waals surface area contributed by atoms with Gasteiger partial charge in [-0.1, -0.05) is 0 Å². The minimum atomic E-state index is -0.139. The van der Waals surface area contributed by atoms with Gasteiger partial charge < -0.3 is 10.7 Å². The van der Waals surface area contributed by atoms with Crippen LogP contribution in [0.25, 0.3) is 5.65 Å². The Morgan fingerprint density at radius 2 is 2.33 bits per heavy atom. The molecule has 0 atom stereocenters. The zero-order valence-electron chi connectivity index (χ0n) is 6.53. The number of aromatic nitrogens is 3. The fraction of sp³-hybridized carbons (Fsp3) is 0.143. The lowest BCUT2D eigenvalue weighted by Crippen LogP contribution is -2.09. The summed E-state index contributed by atoms with van der Waals surface area (Å²) in [6, 6.07) is 3.09. The quantitative estimate of drug-likeness (QED) is 0.571. The number of aromatic amines is 1. The topological polar surface area (TPSA) is 76.2 Å². The highest BCUT2D eigenvalue weighted by Gasteiger charge is 2.00. The first kappa shape index (κ1) is 6.90. The number of anilines is 1. The number of fused-ring (bicyclic) bond motifs is 1. The molecule has 0 aromatic carbocycles. The molecule has 5 nitrogen and oxygen atoms in total. The SMILES string of the molecule is Cc1cc(=O)[nH]c2cc(N)nn12. The third-order valence-electron chi connectivity index (χ3n) is 1.65. The Morgan fingerprint density at radius 3 is 3.08 bits per heavy atom. The molecular formula is C7H8N4O. The summed E-state index contributed by atoms with van der Waals surface area (Å²) in [6.07, 6.45) is 0. The molecule has 62 valence electrons. The van der Waals surface area contributed by atoms with E-state index in [0.717, 1.165) is 5.69 Å². The van der Waals surface area contributed by atoms with Gasteiger partial charge in [0, 0.05) is 17.8 Å². The molecule has 0 fully saturated rings. The van der Waals surface area contributed by atoms with Crippen LogP contribution in [0, 0.1) is 6.92 Å². The van der Waals surface area contributed by atoms with Crippen molar-refractivity contribution in [3.8, 4) is 0 Å². The number of nitrogen functional groups attached to an aromatic ring is 1. The van der Waals surface area contributed by atoms with E-state index in [9.17, 15) is 4.79 Å². The van der Waals surface area contributed by atoms with Crippen LogP contribution < -0.4 is 11.3 Å². The van der Waals surface area contributed by atoms with Crippen LogP contribution in [-0.4, -0.2) is 14.6 Å². The second kappa shape index (κ2) is 2.10. The van der Waals surface area contributed by atoms with Gasteiger partial charge >= 0.3 is 0 Å². The van der Waals surface area contributed by atoms with E-state index in [4.69, 9.17) is 5.73 Å². The standard InChI is InChI=1S/C7H8N4O/c1-4-2-7(12)9-6-3-5(8)10-11(4)6/h2-3H,1H3,(H2,8,10)(H,9,12). The number of H-pyrrole nitrogens is 1. The number of hydrogen-bond acceptors (Lipinski definition) is 3. The van der Waals surface area contributed by atoms with Crippen LogP contribution in [0.4, 0.5) is 5.82 Å². The maximum absolute atomic E-state index is 11.0. The predicted molar refractivity (Wildman–Crippen MR) is 45.0 cm³/mol. The van der Waals surface area contributed by atoms with Crippen LogP contribution in [0.5, 0.6) is 0 Å². The van der Waals surface area contributed by atoms with Gasteiger partial charge in [-0.3, -0.25) is 4.79 Å². The van der Waals surface area contributed by atoms with Gasteiger partial charge in [0.2, 0.25) is 0 Å². The zero-order chi connectivity index (χ0) is 8.72. The number of rotatable bonds is 0. The van der Waals surface area contributed by atoms with Crippen LogP contribution in [-0.2, 0) is 0 Å². The Morgan fingerprint density at radius 1 is 1.58 bits per heavy atom. The molecule has 2 aromatic heterocycles. The van der Waals surface area contributed by atoms with Crippen molar-refractivity contribution < 1.29 is 0 Å². The molecule has 2 rings (SSSR count). The highest BCUT2D eigenvalue weighted by atomic mass is 16.1. The third-order valence-corrected chi connectivity index (χ3v) is 1.65. The zero-order valence-corrected chi connectivity index (χ0v) is 6.53. The lowest BCUT2D eigenvalue weighted by Gasteiger charge is -1.95. The molecule has 0 aliphatic carbocycles. The van der Waals surface area contributed by atoms with Crippen molar-refractivity contribution >= 4 is 11.5 Å². The Balaban J connectivity index is 2.97. The van der Waals surface area contributed by atoms with Crippen molar-refractivity contribution in [1.29, 1.82) is 0 Å². The first-order valence-corrected chi connectivity index (χ1v) is 3.52. The van der Waals surface area contributed by atoms with E-state index in [1.807, 2.05) is 0 Å². The van der Waals surface area contributed by atoms with Gasteiger partial charge in [0.25, 0.3) is 5.56 Å². The van der Waals surface area contributed by atoms with E-state index in [1.54, 1.807) is 17.5 Å². The van der Waals surface area contributed by atoms with E-state index < -0.39 is 0 Å². The molecule has 0 bridgehead atoms. The van der Waals surface area contributed by atoms with Crippen molar-refractivity contribution in [2.45, 2.75) is 6.92 Å². The normalized spacial score (nSPS) is 10.8. The second-order valence-corrected chi connectivity index (χ2v) is 2.64. The summed E-state index contributed by atoms with van der Waals surface area (Å²) in [5, 5.41) is 3.98. The Kier molecular flexibility index (Phi) is 1.21. The molecule has 0 radical (unpaired) electrons. The summed E-state index contributed by atoms with van der Waals surface area (Å²) in [4.78, 5) is 13.6. The van der Waals surface area contributed by atoms with Gasteiger partial charge in [0.1, 0.15) is 11.5 Å². The Bertz CT molecular complexity index is 482. The molecule has 2 aromatic rings. The largest absolute Gasteiger partial charge is 0.382 e. The Labute approximate surface area is 67.8 Å². The molecule has 5 heteroatoms. The third kappa shape index (κ3) is 0.868. The van der Waals surface area contributed by atoms with Crippen LogP contribution in [0.2, 0.25) is 0 Å². The minimum Gasteiger partial charge on any atom is -0.382 e. The summed E-state index contributed by atoms with van der Waals surface area (Å²) in [7, 11) is 0. The van der Waals surface area contributed by atoms with Crippen LogP contribution in [0.3, 0.4) is 0 Å². The van der Waals surface area contributed by atoms with Crippen LogP contribution in [0.1, 0.15) is 5.69 Å². The van der Waals surface area contributed by atoms with Crippen LogP contribution in [0.15, 0.2) is 16.9 Å². The number of nitrogens with two attached hydrogens (primary N) is 1. The summed E-state index contributed by atoms with van der Waals surface area (Å²) >= 11 is 0. The highest BCUT2D eigenvalue weighted by Crippen LogP contribution is 2.04. The van der Waals surface area contributed by atoms with Gasteiger partial charge in [0.15, 0.2) is 0 Å². The molecular weight excluding hydrogens is 156 g/mol. The smallest absolute Gasteiger partial charge is 0.251 e. The number of hydrogen-bond donors (Lipinski definition) is 2. The fourth-order valence-electron chi connectivity index (χ4n) is 1.17. The highest BCUT2D eigenvalue weighted by molar-refractivity contribution is 5.47. The summed E-state index contributed by atoms with van der Waals surface area (Å²) in [6.45, 7) is 1.80. The summed E-state index contributed by atoms with van der Waals surface area (Å²) in [5.74, 6) is 0.403. The van der Waals surface area contributed by atoms with Gasteiger partial charge in [-0.15, -0.1) is 5.10 Å². The molecule has 0 amide bonds. The maximum Gasteiger partial charge on any atom is 0.251 e. The molecule has 0 aliphatic rings. The molecule has 0 aliphatic heterocycles. The van der Waals surface area contributed by atoms with E-state index in [1.165, 1.54) is 6.07 Å². The van der Waals surface area contributed by atoms with Gasteiger partial charge in [0.05, 0.1) is 0 Å². The average Bonchev–Trinajstić information content (AvgIpc) is 2.29. The predicted octanol–water partition coefficient (Wildman–Crippen LogP) is -0.0868. The number of nitrogens with one attached hydrogen (secondary N) is 1. The fourth-order valence-corrected chi connectivity index (χ4v) is 1.17. The maximum atomic E-state index is 11.0. The summed E-state index contributed by atoms with van der Waals surface area (Å²) < 4.78 is 1.59. The molecule has 2 heterocycles. The molecule has 0 spiro atoms. The van der Waals surface area contributed by atoms with Crippen LogP contribution >= 0.6 is 0 Å². The lowest BCUT2D eigenvalue weighted by molar-refractivity contribution is 0.891. The number of nitrogens with zero attached hydrogens (tertiary/aromatic N) is 2. The van der Waals surface area contributed by atoms with Gasteiger partial charge in [-0.2, -0.15) is 0 Å². The van der Waals surface area contributed by atoms with Gasteiger partial charge in [-0.05, 0) is 6.92 Å². The van der Waals surface area contributed by atoms with E-state index in [-0.39, 0.29) is 5.56 Å². The first-order chi connectivity index (χ1) is 5.66. The van der Waals surface area contributed by atoms with Crippen molar-refractivity contribution in [3.63, 3.8) is 0 Å². The monoisotopic (exact) mass is 164 g/mol. The molecule has 0 unspecified atom stereocenters. The molecule has 12 heavy (non-hydrogen) atoms. The number of aryl methyl sites for hydroxylation is 1. The van der Waals surface area contributed by atoms with Crippen molar-refractivity contribution in [2.24, 2.45) is 0 Å². The summed E-state index contributed by atoms with van der Waals surface area (Å²) in [5.41, 5.74) is 6.71. The van der Waals surface area contributed by atoms with Gasteiger partial charge in [-0.25, -0.2) is 4.52 Å². The Hall–Kier alpha value is -1.78. The lowest BCUT2D eigenvalue weighted by atomic mass is 10.4. The second-order valence-electron chi connectivity index (χ2n) is 2.64. The van der Waals surface area contributed by atoms with Crippen molar-refractivity contribution in [1.82, 2.24) is 14.6 Å². The average molecular weight is 164 g/mol. The first-order valence-electron chi connectivity index (χ1n) is 3.52. The molecule has 0 saturated heterocycles. The van der Waals surface area contributed by atoms with E-state index >= 15 is 0 Å². The van der Waals surface area contributed by atoms with Crippen molar-refractivity contribution in [3.05, 3.63) is 28.2 Å². The molecule has 0 saturated carbocycles.